The molecule has 0 atom stereocenters. The van der Waals surface area contributed by atoms with E-state index in [2.05, 4.69) is 4.98 Å². The van der Waals surface area contributed by atoms with Gasteiger partial charge in [-0.25, -0.2) is 9.78 Å². The van der Waals surface area contributed by atoms with E-state index in [0.717, 1.165) is 21.9 Å². The number of thiazole rings is 1. The number of carbonyl (C=O) groups is 1. The van der Waals surface area contributed by atoms with Crippen molar-refractivity contribution in [2.45, 2.75) is 13.5 Å². The molecule has 0 N–H and O–H groups in total. The highest BCUT2D eigenvalue weighted by atomic mass is 32.1. The highest BCUT2D eigenvalue weighted by Crippen LogP contribution is 2.33. The van der Waals surface area contributed by atoms with Crippen molar-refractivity contribution in [3.05, 3.63) is 65.2 Å². The zero-order valence-electron chi connectivity index (χ0n) is 17.1. The predicted molar refractivity (Wildman–Crippen MR) is 117 cm³/mol. The van der Waals surface area contributed by atoms with Crippen LogP contribution in [0.5, 0.6) is 17.2 Å². The smallest absolute Gasteiger partial charge is 0.331 e. The van der Waals surface area contributed by atoms with Gasteiger partial charge in [-0.2, -0.15) is 0 Å². The number of carbonyl (C=O) groups excluding carboxylic acids is 1. The Morgan fingerprint density at radius 3 is 2.63 bits per heavy atom. The van der Waals surface area contributed by atoms with E-state index in [0.29, 0.717) is 23.8 Å². The fourth-order valence-electron chi connectivity index (χ4n) is 2.73. The summed E-state index contributed by atoms with van der Waals surface area (Å²) in [7, 11) is 3.19. The van der Waals surface area contributed by atoms with Crippen molar-refractivity contribution >= 4 is 23.4 Å². The number of benzene rings is 2. The Balaban J connectivity index is 1.61. The molecule has 6 nitrogen and oxygen atoms in total. The summed E-state index contributed by atoms with van der Waals surface area (Å²) in [6.45, 7) is 2.57. The minimum absolute atomic E-state index is 0.0973. The zero-order chi connectivity index (χ0) is 21.3. The molecule has 3 rings (SSSR count). The van der Waals surface area contributed by atoms with Gasteiger partial charge in [0.05, 0.1) is 26.5 Å². The van der Waals surface area contributed by atoms with E-state index in [1.54, 1.807) is 20.3 Å². The Morgan fingerprint density at radius 2 is 1.87 bits per heavy atom. The van der Waals surface area contributed by atoms with Crippen LogP contribution in [0.25, 0.3) is 16.6 Å². The first kappa shape index (κ1) is 21.4. The summed E-state index contributed by atoms with van der Waals surface area (Å²) in [5.41, 5.74) is 2.41. The number of esters is 1. The summed E-state index contributed by atoms with van der Waals surface area (Å²) in [4.78, 5) is 16.6. The maximum Gasteiger partial charge on any atom is 0.331 e. The molecule has 0 aliphatic rings. The number of rotatable bonds is 9. The van der Waals surface area contributed by atoms with Crippen molar-refractivity contribution < 1.29 is 23.7 Å². The molecule has 0 radical (unpaired) electrons. The Bertz CT molecular complexity index is 1030. The molecule has 1 aromatic heterocycles. The summed E-state index contributed by atoms with van der Waals surface area (Å²) < 4.78 is 21.5. The number of para-hydroxylation sites is 1. The van der Waals surface area contributed by atoms with Gasteiger partial charge in [0.1, 0.15) is 17.4 Å². The van der Waals surface area contributed by atoms with Crippen LogP contribution in [0, 0.1) is 0 Å². The third-order valence-corrected chi connectivity index (χ3v) is 5.10. The molecule has 0 fully saturated rings. The maximum atomic E-state index is 12.1. The van der Waals surface area contributed by atoms with Crippen LogP contribution in [0.2, 0.25) is 0 Å². The second-order valence-electron chi connectivity index (χ2n) is 6.13. The molecule has 0 bridgehead atoms. The second kappa shape index (κ2) is 10.5. The lowest BCUT2D eigenvalue weighted by atomic mass is 10.2. The van der Waals surface area contributed by atoms with E-state index in [4.69, 9.17) is 18.9 Å². The first-order chi connectivity index (χ1) is 14.6. The lowest BCUT2D eigenvalue weighted by molar-refractivity contribution is -0.139. The van der Waals surface area contributed by atoms with Gasteiger partial charge in [-0.15, -0.1) is 11.3 Å². The van der Waals surface area contributed by atoms with E-state index >= 15 is 0 Å². The Hall–Kier alpha value is -3.32. The summed E-state index contributed by atoms with van der Waals surface area (Å²) in [6, 6.07) is 13.1. The fourth-order valence-corrected chi connectivity index (χ4v) is 3.53. The van der Waals surface area contributed by atoms with E-state index in [1.165, 1.54) is 17.4 Å². The molecule has 0 spiro atoms. The van der Waals surface area contributed by atoms with Gasteiger partial charge in [0.25, 0.3) is 0 Å². The van der Waals surface area contributed by atoms with Crippen LogP contribution in [0.4, 0.5) is 0 Å². The Kier molecular flexibility index (Phi) is 7.45. The van der Waals surface area contributed by atoms with Gasteiger partial charge in [0, 0.05) is 22.6 Å². The number of hydrogen-bond donors (Lipinski definition) is 0. The van der Waals surface area contributed by atoms with Gasteiger partial charge in [0.15, 0.2) is 11.5 Å². The average Bonchev–Trinajstić information content (AvgIpc) is 3.26. The van der Waals surface area contributed by atoms with Crippen LogP contribution in [-0.4, -0.2) is 31.8 Å². The van der Waals surface area contributed by atoms with Crippen molar-refractivity contribution in [1.29, 1.82) is 0 Å². The first-order valence-electron chi connectivity index (χ1n) is 9.38. The molecule has 0 aliphatic carbocycles. The Morgan fingerprint density at radius 1 is 1.07 bits per heavy atom. The largest absolute Gasteiger partial charge is 0.493 e. The number of nitrogens with zero attached hydrogens (tertiary/aromatic N) is 1. The van der Waals surface area contributed by atoms with Crippen LogP contribution >= 0.6 is 11.3 Å². The minimum Gasteiger partial charge on any atom is -0.493 e. The lowest BCUT2D eigenvalue weighted by Gasteiger charge is -2.08. The standard InChI is InChI=1S/C23H23NO5S/c1-4-28-19-8-6-5-7-16(19)10-12-22(25)29-14-18-15-30-23(24-18)17-9-11-20(26-2)21(13-17)27-3/h5-13,15H,4,14H2,1-3H3/b12-10+. The second-order valence-corrected chi connectivity index (χ2v) is 6.98. The molecular weight excluding hydrogens is 402 g/mol. The van der Waals surface area contributed by atoms with Crippen molar-refractivity contribution in [1.82, 2.24) is 4.98 Å². The molecule has 0 unspecified atom stereocenters. The van der Waals surface area contributed by atoms with E-state index < -0.39 is 5.97 Å². The molecule has 30 heavy (non-hydrogen) atoms. The number of hydrogen-bond acceptors (Lipinski definition) is 7. The topological polar surface area (TPSA) is 66.9 Å². The molecule has 3 aromatic rings. The third kappa shape index (κ3) is 5.39. The number of methoxy groups -OCH3 is 2. The third-order valence-electron chi connectivity index (χ3n) is 4.16. The van der Waals surface area contributed by atoms with Crippen LogP contribution in [0.15, 0.2) is 53.9 Å². The minimum atomic E-state index is -0.443. The molecule has 156 valence electrons. The van der Waals surface area contributed by atoms with E-state index in [1.807, 2.05) is 54.8 Å². The quantitative estimate of drug-likeness (QED) is 0.356. The molecule has 0 saturated heterocycles. The van der Waals surface area contributed by atoms with Crippen LogP contribution in [0.3, 0.4) is 0 Å². The van der Waals surface area contributed by atoms with E-state index in [-0.39, 0.29) is 6.61 Å². The molecule has 0 saturated carbocycles. The van der Waals surface area contributed by atoms with Crippen LogP contribution in [-0.2, 0) is 16.1 Å². The molecule has 7 heteroatoms. The van der Waals surface area contributed by atoms with Crippen molar-refractivity contribution in [2.24, 2.45) is 0 Å². The van der Waals surface area contributed by atoms with Gasteiger partial charge < -0.3 is 18.9 Å². The summed E-state index contributed by atoms with van der Waals surface area (Å²) in [5.74, 6) is 1.57. The normalized spacial score (nSPS) is 10.8. The zero-order valence-corrected chi connectivity index (χ0v) is 17.9. The van der Waals surface area contributed by atoms with Crippen molar-refractivity contribution in [2.75, 3.05) is 20.8 Å². The van der Waals surface area contributed by atoms with Gasteiger partial charge in [-0.3, -0.25) is 0 Å². The maximum absolute atomic E-state index is 12.1. The SMILES string of the molecule is CCOc1ccccc1/C=C/C(=O)OCc1csc(-c2ccc(OC)c(OC)c2)n1. The molecule has 1 heterocycles. The van der Waals surface area contributed by atoms with Crippen LogP contribution < -0.4 is 14.2 Å². The van der Waals surface area contributed by atoms with Gasteiger partial charge in [0.2, 0.25) is 0 Å². The van der Waals surface area contributed by atoms with E-state index in [9.17, 15) is 4.79 Å². The van der Waals surface area contributed by atoms with Gasteiger partial charge >= 0.3 is 5.97 Å². The fraction of sp³-hybridized carbons (Fsp3) is 0.217. The number of ether oxygens (including phenoxy) is 4. The molecule has 2 aromatic carbocycles. The molecule has 0 amide bonds. The summed E-state index contributed by atoms with van der Waals surface area (Å²) in [6.07, 6.45) is 3.07. The van der Waals surface area contributed by atoms with Gasteiger partial charge in [-0.05, 0) is 37.3 Å². The van der Waals surface area contributed by atoms with Gasteiger partial charge in [-0.1, -0.05) is 18.2 Å². The summed E-state index contributed by atoms with van der Waals surface area (Å²) >= 11 is 1.47. The van der Waals surface area contributed by atoms with Crippen LogP contribution in [0.1, 0.15) is 18.2 Å². The predicted octanol–water partition coefficient (Wildman–Crippen LogP) is 4.98. The lowest BCUT2D eigenvalue weighted by Crippen LogP contribution is -2.01. The monoisotopic (exact) mass is 425 g/mol. The summed E-state index contributed by atoms with van der Waals surface area (Å²) in [5, 5.41) is 2.68. The molecular formula is C23H23NO5S. The van der Waals surface area contributed by atoms with Crippen molar-refractivity contribution in [3.63, 3.8) is 0 Å². The number of aromatic nitrogens is 1. The van der Waals surface area contributed by atoms with Crippen molar-refractivity contribution in [3.8, 4) is 27.8 Å². The highest BCUT2D eigenvalue weighted by Gasteiger charge is 2.10. The Labute approximate surface area is 179 Å². The molecule has 0 aliphatic heterocycles. The highest BCUT2D eigenvalue weighted by molar-refractivity contribution is 7.13. The average molecular weight is 426 g/mol. The first-order valence-corrected chi connectivity index (χ1v) is 10.3.